The molecule has 3 rings (SSSR count). The monoisotopic (exact) mass is 369 g/mol. The van der Waals surface area contributed by atoms with E-state index in [2.05, 4.69) is 15.5 Å². The Morgan fingerprint density at radius 1 is 1.04 bits per heavy atom. The number of aromatic nitrogens is 2. The number of anilines is 2. The van der Waals surface area contributed by atoms with Gasteiger partial charge in [0.1, 0.15) is 0 Å². The smallest absolute Gasteiger partial charge is 0.409 e. The van der Waals surface area contributed by atoms with Crippen LogP contribution in [0.4, 0.5) is 16.3 Å². The number of hydrogen-bond acceptors (Lipinski definition) is 6. The first kappa shape index (κ1) is 18.6. The number of ether oxygens (including phenoxy) is 1. The van der Waals surface area contributed by atoms with Crippen LogP contribution in [0, 0.1) is 6.92 Å². The van der Waals surface area contributed by atoms with E-state index in [0.717, 1.165) is 11.3 Å². The van der Waals surface area contributed by atoms with Crippen molar-refractivity contribution >= 4 is 23.5 Å². The molecular weight excluding hydrogens is 346 g/mol. The fourth-order valence-corrected chi connectivity index (χ4v) is 2.83. The Labute approximate surface area is 158 Å². The summed E-state index contributed by atoms with van der Waals surface area (Å²) in [4.78, 5) is 27.6. The third kappa shape index (κ3) is 4.52. The van der Waals surface area contributed by atoms with Gasteiger partial charge >= 0.3 is 6.09 Å². The first-order chi connectivity index (χ1) is 13.1. The predicted octanol–water partition coefficient (Wildman–Crippen LogP) is 2.44. The van der Waals surface area contributed by atoms with Crippen molar-refractivity contribution in [1.29, 1.82) is 0 Å². The number of rotatable bonds is 4. The third-order valence-electron chi connectivity index (χ3n) is 4.38. The molecule has 0 bridgehead atoms. The molecule has 142 valence electrons. The molecule has 1 aliphatic heterocycles. The summed E-state index contributed by atoms with van der Waals surface area (Å²) < 4.78 is 4.99. The number of nitrogens with zero attached hydrogens (tertiary/aromatic N) is 4. The first-order valence-corrected chi connectivity index (χ1v) is 8.96. The SMILES string of the molecule is CCOC(=O)N1CCN(C(=O)c2ccc(Nc3ccccc3C)nn2)CC1. The first-order valence-electron chi connectivity index (χ1n) is 8.96. The Morgan fingerprint density at radius 3 is 2.37 bits per heavy atom. The number of amides is 2. The van der Waals surface area contributed by atoms with Crippen molar-refractivity contribution < 1.29 is 14.3 Å². The molecule has 1 saturated heterocycles. The molecule has 1 aromatic carbocycles. The highest BCUT2D eigenvalue weighted by molar-refractivity contribution is 5.92. The maximum Gasteiger partial charge on any atom is 0.409 e. The summed E-state index contributed by atoms with van der Waals surface area (Å²) in [5.74, 6) is 0.390. The lowest BCUT2D eigenvalue weighted by atomic mass is 10.2. The average Bonchev–Trinajstić information content (AvgIpc) is 2.70. The fourth-order valence-electron chi connectivity index (χ4n) is 2.83. The second-order valence-electron chi connectivity index (χ2n) is 6.22. The molecule has 2 heterocycles. The minimum Gasteiger partial charge on any atom is -0.450 e. The van der Waals surface area contributed by atoms with Crippen molar-refractivity contribution in [3.05, 3.63) is 47.7 Å². The van der Waals surface area contributed by atoms with Crippen LogP contribution in [0.5, 0.6) is 0 Å². The number of aryl methyl sites for hydroxylation is 1. The van der Waals surface area contributed by atoms with Crippen LogP contribution in [0.1, 0.15) is 23.0 Å². The lowest BCUT2D eigenvalue weighted by Gasteiger charge is -2.33. The molecule has 1 aliphatic rings. The van der Waals surface area contributed by atoms with Gasteiger partial charge in [-0.25, -0.2) is 4.79 Å². The molecule has 0 aliphatic carbocycles. The maximum atomic E-state index is 12.6. The van der Waals surface area contributed by atoms with Gasteiger partial charge in [0, 0.05) is 31.9 Å². The fraction of sp³-hybridized carbons (Fsp3) is 0.368. The van der Waals surface area contributed by atoms with Crippen molar-refractivity contribution in [2.75, 3.05) is 38.1 Å². The van der Waals surface area contributed by atoms with Crippen LogP contribution in [0.3, 0.4) is 0 Å². The Kier molecular flexibility index (Phi) is 5.85. The zero-order valence-corrected chi connectivity index (χ0v) is 15.5. The number of benzene rings is 1. The van der Waals surface area contributed by atoms with Gasteiger partial charge in [-0.2, -0.15) is 0 Å². The molecule has 27 heavy (non-hydrogen) atoms. The third-order valence-corrected chi connectivity index (χ3v) is 4.38. The Bertz CT molecular complexity index is 801. The van der Waals surface area contributed by atoms with Gasteiger partial charge in [0.2, 0.25) is 0 Å². The van der Waals surface area contributed by atoms with Gasteiger partial charge in [-0.3, -0.25) is 4.79 Å². The number of carbonyl (C=O) groups is 2. The molecule has 8 heteroatoms. The Hall–Kier alpha value is -3.16. The molecule has 1 N–H and O–H groups in total. The van der Waals surface area contributed by atoms with Crippen LogP contribution >= 0.6 is 0 Å². The molecule has 2 amide bonds. The van der Waals surface area contributed by atoms with Gasteiger partial charge in [0.15, 0.2) is 11.5 Å². The van der Waals surface area contributed by atoms with Crippen LogP contribution < -0.4 is 5.32 Å². The zero-order valence-electron chi connectivity index (χ0n) is 15.5. The quantitative estimate of drug-likeness (QED) is 0.891. The molecule has 0 radical (unpaired) electrons. The van der Waals surface area contributed by atoms with E-state index >= 15 is 0 Å². The van der Waals surface area contributed by atoms with Crippen molar-refractivity contribution in [3.63, 3.8) is 0 Å². The van der Waals surface area contributed by atoms with Crippen molar-refractivity contribution in [2.24, 2.45) is 0 Å². The second kappa shape index (κ2) is 8.48. The number of hydrogen-bond donors (Lipinski definition) is 1. The van der Waals surface area contributed by atoms with Crippen LogP contribution in [0.15, 0.2) is 36.4 Å². The molecule has 2 aromatic rings. The number of para-hydroxylation sites is 1. The summed E-state index contributed by atoms with van der Waals surface area (Å²) in [6.07, 6.45) is -0.337. The highest BCUT2D eigenvalue weighted by atomic mass is 16.6. The van der Waals surface area contributed by atoms with Gasteiger partial charge in [-0.15, -0.1) is 10.2 Å². The number of piperazine rings is 1. The standard InChI is InChI=1S/C19H23N5O3/c1-3-27-19(26)24-12-10-23(11-13-24)18(25)16-8-9-17(22-21-16)20-15-7-5-4-6-14(15)2/h4-9H,3,10-13H2,1-2H3,(H,20,22). The van der Waals surface area contributed by atoms with Crippen LogP contribution in [-0.4, -0.2) is 64.8 Å². The van der Waals surface area contributed by atoms with Crippen molar-refractivity contribution in [1.82, 2.24) is 20.0 Å². The van der Waals surface area contributed by atoms with Crippen LogP contribution in [0.25, 0.3) is 0 Å². The van der Waals surface area contributed by atoms with Gasteiger partial charge in [0.25, 0.3) is 5.91 Å². The number of carbonyl (C=O) groups excluding carboxylic acids is 2. The summed E-state index contributed by atoms with van der Waals surface area (Å²) in [6.45, 7) is 5.91. The summed E-state index contributed by atoms with van der Waals surface area (Å²) >= 11 is 0. The minimum absolute atomic E-state index is 0.187. The van der Waals surface area contributed by atoms with Crippen LogP contribution in [0.2, 0.25) is 0 Å². The molecule has 1 aromatic heterocycles. The van der Waals surface area contributed by atoms with E-state index in [1.54, 1.807) is 28.9 Å². The molecule has 0 saturated carbocycles. The molecule has 1 fully saturated rings. The zero-order chi connectivity index (χ0) is 19.2. The normalized spacial score (nSPS) is 14.0. The Morgan fingerprint density at radius 2 is 1.74 bits per heavy atom. The molecular formula is C19H23N5O3. The van der Waals surface area contributed by atoms with E-state index in [0.29, 0.717) is 38.6 Å². The van der Waals surface area contributed by atoms with Gasteiger partial charge in [0.05, 0.1) is 6.61 Å². The van der Waals surface area contributed by atoms with E-state index < -0.39 is 0 Å². The van der Waals surface area contributed by atoms with Crippen molar-refractivity contribution in [2.45, 2.75) is 13.8 Å². The second-order valence-corrected chi connectivity index (χ2v) is 6.22. The number of nitrogens with one attached hydrogen (secondary N) is 1. The molecule has 0 spiro atoms. The summed E-state index contributed by atoms with van der Waals surface area (Å²) in [5, 5.41) is 11.4. The molecule has 8 nitrogen and oxygen atoms in total. The van der Waals surface area contributed by atoms with Gasteiger partial charge in [-0.1, -0.05) is 18.2 Å². The predicted molar refractivity (Wildman–Crippen MR) is 101 cm³/mol. The molecule has 0 atom stereocenters. The summed E-state index contributed by atoms with van der Waals surface area (Å²) in [7, 11) is 0. The average molecular weight is 369 g/mol. The lowest BCUT2D eigenvalue weighted by molar-refractivity contribution is 0.0565. The summed E-state index contributed by atoms with van der Waals surface area (Å²) in [6, 6.07) is 11.3. The summed E-state index contributed by atoms with van der Waals surface area (Å²) in [5.41, 5.74) is 2.33. The highest BCUT2D eigenvalue weighted by Gasteiger charge is 2.26. The lowest BCUT2D eigenvalue weighted by Crippen LogP contribution is -2.50. The van der Waals surface area contributed by atoms with E-state index in [1.807, 2.05) is 31.2 Å². The largest absolute Gasteiger partial charge is 0.450 e. The van der Waals surface area contributed by atoms with E-state index in [9.17, 15) is 9.59 Å². The molecule has 0 unspecified atom stereocenters. The van der Waals surface area contributed by atoms with Gasteiger partial charge < -0.3 is 19.9 Å². The Balaban J connectivity index is 1.58. The topological polar surface area (TPSA) is 87.7 Å². The van der Waals surface area contributed by atoms with Crippen LogP contribution in [-0.2, 0) is 4.74 Å². The van der Waals surface area contributed by atoms with E-state index in [4.69, 9.17) is 4.74 Å². The minimum atomic E-state index is -0.337. The highest BCUT2D eigenvalue weighted by Crippen LogP contribution is 2.18. The van der Waals surface area contributed by atoms with E-state index in [-0.39, 0.29) is 17.7 Å². The van der Waals surface area contributed by atoms with E-state index in [1.165, 1.54) is 0 Å². The van der Waals surface area contributed by atoms with Gasteiger partial charge in [-0.05, 0) is 37.6 Å². The van der Waals surface area contributed by atoms with Crippen molar-refractivity contribution in [3.8, 4) is 0 Å². The maximum absolute atomic E-state index is 12.6.